The molecule has 0 aliphatic carbocycles. The molecule has 0 fully saturated rings. The molecule has 0 radical (unpaired) electrons. The monoisotopic (exact) mass is 329 g/mol. The van der Waals surface area contributed by atoms with Crippen molar-refractivity contribution in [1.82, 2.24) is 5.32 Å². The number of methoxy groups -OCH3 is 1. The van der Waals surface area contributed by atoms with E-state index in [0.29, 0.717) is 30.1 Å². The van der Waals surface area contributed by atoms with Crippen LogP contribution in [0.3, 0.4) is 0 Å². The van der Waals surface area contributed by atoms with Crippen molar-refractivity contribution >= 4 is 23.5 Å². The lowest BCUT2D eigenvalue weighted by Gasteiger charge is -2.09. The fraction of sp³-hybridized carbons (Fsp3) is 0.176. The Morgan fingerprint density at radius 2 is 1.75 bits per heavy atom. The van der Waals surface area contributed by atoms with E-state index in [0.717, 1.165) is 5.56 Å². The molecule has 4 N–H and O–H groups in total. The normalized spacial score (nSPS) is 9.88. The molecular weight excluding hydrogens is 310 g/mol. The Labute approximate surface area is 139 Å². The molecular formula is C17H19N3O4. The average Bonchev–Trinajstić information content (AvgIpc) is 2.55. The first-order valence-electron chi connectivity index (χ1n) is 7.34. The second kappa shape index (κ2) is 8.42. The maximum atomic E-state index is 12.0. The summed E-state index contributed by atoms with van der Waals surface area (Å²) in [6.45, 7) is 0.316. The first-order valence-corrected chi connectivity index (χ1v) is 7.34. The molecule has 0 aliphatic heterocycles. The van der Waals surface area contributed by atoms with Gasteiger partial charge in [-0.2, -0.15) is 0 Å². The minimum Gasteiger partial charge on any atom is -0.497 e. The van der Waals surface area contributed by atoms with Gasteiger partial charge < -0.3 is 25.8 Å². The van der Waals surface area contributed by atoms with Crippen LogP contribution in [0.2, 0.25) is 0 Å². The molecule has 0 saturated heterocycles. The van der Waals surface area contributed by atoms with Crippen LogP contribution in [0.4, 0.5) is 21.0 Å². The molecule has 0 bridgehead atoms. The van der Waals surface area contributed by atoms with Crippen molar-refractivity contribution < 1.29 is 19.4 Å². The van der Waals surface area contributed by atoms with Gasteiger partial charge in [-0.15, -0.1) is 0 Å². The van der Waals surface area contributed by atoms with Crippen LogP contribution >= 0.6 is 0 Å². The van der Waals surface area contributed by atoms with Crippen molar-refractivity contribution in [3.63, 3.8) is 0 Å². The molecule has 7 heteroatoms. The van der Waals surface area contributed by atoms with Crippen molar-refractivity contribution in [2.45, 2.75) is 6.42 Å². The first-order chi connectivity index (χ1) is 11.6. The van der Waals surface area contributed by atoms with Gasteiger partial charge in [-0.1, -0.05) is 12.1 Å². The molecule has 2 aromatic carbocycles. The molecule has 0 atom stereocenters. The molecule has 3 amide bonds. The van der Waals surface area contributed by atoms with Crippen LogP contribution in [-0.2, 0) is 6.42 Å². The smallest absolute Gasteiger partial charge is 0.404 e. The predicted molar refractivity (Wildman–Crippen MR) is 91.8 cm³/mol. The van der Waals surface area contributed by atoms with Crippen LogP contribution in [0.1, 0.15) is 5.56 Å². The standard InChI is InChI=1S/C17H19N3O4/c1-24-15-7-5-13(6-8-15)19-16(21)20-14-4-2-3-12(11-14)9-10-18-17(22)23/h2-8,11,18H,9-10H2,1H3,(H,22,23)(H2,19,20,21). The zero-order valence-corrected chi connectivity index (χ0v) is 13.2. The maximum Gasteiger partial charge on any atom is 0.404 e. The average molecular weight is 329 g/mol. The molecule has 2 rings (SSSR count). The van der Waals surface area contributed by atoms with E-state index in [4.69, 9.17) is 9.84 Å². The number of nitrogens with one attached hydrogen (secondary N) is 3. The van der Waals surface area contributed by atoms with Gasteiger partial charge in [-0.05, 0) is 48.4 Å². The molecule has 0 aliphatic rings. The highest BCUT2D eigenvalue weighted by atomic mass is 16.5. The van der Waals surface area contributed by atoms with Crippen LogP contribution in [0.5, 0.6) is 5.75 Å². The molecule has 0 heterocycles. The van der Waals surface area contributed by atoms with Gasteiger partial charge in [0, 0.05) is 17.9 Å². The topological polar surface area (TPSA) is 99.7 Å². The number of carboxylic acid groups (broad SMARTS) is 1. The molecule has 24 heavy (non-hydrogen) atoms. The summed E-state index contributed by atoms with van der Waals surface area (Å²) in [6, 6.07) is 13.9. The number of carbonyl (C=O) groups is 2. The number of hydrogen-bond donors (Lipinski definition) is 4. The summed E-state index contributed by atoms with van der Waals surface area (Å²) in [4.78, 5) is 22.4. The van der Waals surface area contributed by atoms with Gasteiger partial charge in [0.05, 0.1) is 7.11 Å². The Balaban J connectivity index is 1.89. The first kappa shape index (κ1) is 17.1. The number of rotatable bonds is 6. The molecule has 0 saturated carbocycles. The highest BCUT2D eigenvalue weighted by Gasteiger charge is 2.04. The summed E-state index contributed by atoms with van der Waals surface area (Å²) in [7, 11) is 1.58. The lowest BCUT2D eigenvalue weighted by atomic mass is 10.1. The number of hydrogen-bond acceptors (Lipinski definition) is 3. The molecule has 0 aromatic heterocycles. The minimum absolute atomic E-state index is 0.316. The van der Waals surface area contributed by atoms with E-state index in [-0.39, 0.29) is 6.03 Å². The Morgan fingerprint density at radius 3 is 2.42 bits per heavy atom. The number of urea groups is 1. The quantitative estimate of drug-likeness (QED) is 0.654. The van der Waals surface area contributed by atoms with E-state index < -0.39 is 6.09 Å². The molecule has 7 nitrogen and oxygen atoms in total. The van der Waals surface area contributed by atoms with E-state index in [2.05, 4.69) is 16.0 Å². The summed E-state index contributed by atoms with van der Waals surface area (Å²) < 4.78 is 5.06. The van der Waals surface area contributed by atoms with E-state index in [1.165, 1.54) is 0 Å². The molecule has 126 valence electrons. The fourth-order valence-corrected chi connectivity index (χ4v) is 2.09. The predicted octanol–water partition coefficient (Wildman–Crippen LogP) is 3.15. The number of benzene rings is 2. The van der Waals surface area contributed by atoms with E-state index in [1.54, 1.807) is 49.6 Å². The van der Waals surface area contributed by atoms with E-state index in [1.807, 2.05) is 6.07 Å². The van der Waals surface area contributed by atoms with Crippen LogP contribution in [-0.4, -0.2) is 30.9 Å². The summed E-state index contributed by atoms with van der Waals surface area (Å²) in [5, 5.41) is 16.3. The SMILES string of the molecule is COc1ccc(NC(=O)Nc2cccc(CCNC(=O)O)c2)cc1. The van der Waals surface area contributed by atoms with Gasteiger partial charge in [-0.25, -0.2) is 9.59 Å². The summed E-state index contributed by atoms with van der Waals surface area (Å²) in [5.74, 6) is 0.712. The van der Waals surface area contributed by atoms with Crippen LogP contribution in [0.25, 0.3) is 0 Å². The van der Waals surface area contributed by atoms with Crippen molar-refractivity contribution in [3.8, 4) is 5.75 Å². The minimum atomic E-state index is -1.05. The molecule has 2 aromatic rings. The summed E-state index contributed by atoms with van der Waals surface area (Å²) in [6.07, 6.45) is -0.509. The van der Waals surface area contributed by atoms with Gasteiger partial charge in [0.25, 0.3) is 0 Å². The van der Waals surface area contributed by atoms with Crippen molar-refractivity contribution in [3.05, 3.63) is 54.1 Å². The van der Waals surface area contributed by atoms with Crippen molar-refractivity contribution in [2.75, 3.05) is 24.3 Å². The Morgan fingerprint density at radius 1 is 1.04 bits per heavy atom. The molecule has 0 spiro atoms. The lowest BCUT2D eigenvalue weighted by molar-refractivity contribution is 0.194. The van der Waals surface area contributed by atoms with Crippen LogP contribution < -0.4 is 20.7 Å². The molecule has 0 unspecified atom stereocenters. The van der Waals surface area contributed by atoms with Gasteiger partial charge in [0.15, 0.2) is 0 Å². The lowest BCUT2D eigenvalue weighted by Crippen LogP contribution is -2.23. The third-order valence-corrected chi connectivity index (χ3v) is 3.22. The Hall–Kier alpha value is -3.22. The van der Waals surface area contributed by atoms with Crippen LogP contribution in [0.15, 0.2) is 48.5 Å². The van der Waals surface area contributed by atoms with Crippen molar-refractivity contribution in [2.24, 2.45) is 0 Å². The van der Waals surface area contributed by atoms with E-state index in [9.17, 15) is 9.59 Å². The Kier molecular flexibility index (Phi) is 6.01. The third-order valence-electron chi connectivity index (χ3n) is 3.22. The van der Waals surface area contributed by atoms with Gasteiger partial charge >= 0.3 is 12.1 Å². The number of ether oxygens (including phenoxy) is 1. The van der Waals surface area contributed by atoms with Crippen LogP contribution in [0, 0.1) is 0 Å². The van der Waals surface area contributed by atoms with Gasteiger partial charge in [0.2, 0.25) is 0 Å². The van der Waals surface area contributed by atoms with Gasteiger partial charge in [-0.3, -0.25) is 0 Å². The van der Waals surface area contributed by atoms with Crippen molar-refractivity contribution in [1.29, 1.82) is 0 Å². The number of anilines is 2. The maximum absolute atomic E-state index is 12.0. The summed E-state index contributed by atoms with van der Waals surface area (Å²) in [5.41, 5.74) is 2.20. The summed E-state index contributed by atoms with van der Waals surface area (Å²) >= 11 is 0. The highest BCUT2D eigenvalue weighted by molar-refractivity contribution is 5.99. The van der Waals surface area contributed by atoms with Gasteiger partial charge in [0.1, 0.15) is 5.75 Å². The fourth-order valence-electron chi connectivity index (χ4n) is 2.09. The second-order valence-electron chi connectivity index (χ2n) is 4.99. The zero-order chi connectivity index (χ0) is 17.4. The third kappa shape index (κ3) is 5.53. The Bertz CT molecular complexity index is 701. The van der Waals surface area contributed by atoms with E-state index >= 15 is 0 Å². The second-order valence-corrected chi connectivity index (χ2v) is 4.99. The highest BCUT2D eigenvalue weighted by Crippen LogP contribution is 2.16. The zero-order valence-electron chi connectivity index (χ0n) is 13.2. The number of amides is 3. The number of carbonyl (C=O) groups excluding carboxylic acids is 1. The largest absolute Gasteiger partial charge is 0.497 e.